The molecule has 1 aromatic heterocycles. The number of rotatable bonds is 6. The van der Waals surface area contributed by atoms with E-state index in [2.05, 4.69) is 47.4 Å². The molecular formula is C23H20N2O3S. The first-order valence-electron chi connectivity index (χ1n) is 9.08. The number of aromatic nitrogens is 2. The second-order valence-electron chi connectivity index (χ2n) is 6.38. The minimum atomic E-state index is 0.450. The molecule has 6 heteroatoms. The molecule has 29 heavy (non-hydrogen) atoms. The lowest BCUT2D eigenvalue weighted by molar-refractivity contribution is 0.355. The summed E-state index contributed by atoms with van der Waals surface area (Å²) < 4.78 is 16.5. The molecule has 0 atom stereocenters. The Morgan fingerprint density at radius 2 is 1.59 bits per heavy atom. The first-order valence-corrected chi connectivity index (χ1v) is 9.90. The van der Waals surface area contributed by atoms with E-state index >= 15 is 0 Å². The Morgan fingerprint density at radius 1 is 0.828 bits per heavy atom. The second kappa shape index (κ2) is 8.41. The number of aryl methyl sites for hydroxylation is 1. The molecule has 0 aliphatic rings. The number of nitrogens with zero attached hydrogens (tertiary/aromatic N) is 2. The molecule has 0 aliphatic heterocycles. The van der Waals surface area contributed by atoms with Gasteiger partial charge in [0.1, 0.15) is 0 Å². The van der Waals surface area contributed by atoms with E-state index in [0.717, 1.165) is 15.4 Å². The van der Waals surface area contributed by atoms with E-state index in [1.165, 1.54) is 5.56 Å². The molecule has 4 aromatic rings. The summed E-state index contributed by atoms with van der Waals surface area (Å²) in [6, 6.07) is 22.0. The van der Waals surface area contributed by atoms with Gasteiger partial charge in [-0.3, -0.25) is 0 Å². The number of hydrogen-bond donors (Lipinski definition) is 0. The summed E-state index contributed by atoms with van der Waals surface area (Å²) in [6.45, 7) is 2.08. The predicted molar refractivity (Wildman–Crippen MR) is 114 cm³/mol. The molecule has 0 bridgehead atoms. The number of para-hydroxylation sites is 1. The summed E-state index contributed by atoms with van der Waals surface area (Å²) >= 11 is 1.66. The Labute approximate surface area is 173 Å². The van der Waals surface area contributed by atoms with Crippen molar-refractivity contribution < 1.29 is 14.0 Å². The lowest BCUT2D eigenvalue weighted by atomic mass is 10.1. The van der Waals surface area contributed by atoms with Crippen molar-refractivity contribution in [2.45, 2.75) is 16.7 Å². The molecule has 0 spiro atoms. The highest BCUT2D eigenvalue weighted by molar-refractivity contribution is 7.99. The quantitative estimate of drug-likeness (QED) is 0.400. The van der Waals surface area contributed by atoms with Crippen LogP contribution in [0.3, 0.4) is 0 Å². The van der Waals surface area contributed by atoms with Gasteiger partial charge in [0.05, 0.1) is 25.3 Å². The van der Waals surface area contributed by atoms with Gasteiger partial charge in [-0.2, -0.15) is 4.98 Å². The smallest absolute Gasteiger partial charge is 0.259 e. The van der Waals surface area contributed by atoms with Crippen LogP contribution in [0.1, 0.15) is 5.56 Å². The largest absolute Gasteiger partial charge is 0.493 e. The number of hydrogen-bond acceptors (Lipinski definition) is 6. The number of methoxy groups -OCH3 is 2. The van der Waals surface area contributed by atoms with Crippen molar-refractivity contribution in [3.63, 3.8) is 0 Å². The van der Waals surface area contributed by atoms with E-state index in [0.29, 0.717) is 28.8 Å². The Kier molecular flexibility index (Phi) is 5.53. The maximum atomic E-state index is 5.60. The third-order valence-electron chi connectivity index (χ3n) is 4.44. The first kappa shape index (κ1) is 19.1. The van der Waals surface area contributed by atoms with Crippen LogP contribution in [0.5, 0.6) is 11.5 Å². The van der Waals surface area contributed by atoms with Crippen LogP contribution in [0.4, 0.5) is 0 Å². The molecule has 0 unspecified atom stereocenters. The Bertz CT molecular complexity index is 1120. The SMILES string of the molecule is COc1cccc(-c2noc(-c3ccccc3Sc3ccc(C)cc3)n2)c1OC. The molecule has 0 saturated carbocycles. The van der Waals surface area contributed by atoms with Gasteiger partial charge >= 0.3 is 0 Å². The summed E-state index contributed by atoms with van der Waals surface area (Å²) in [5.41, 5.74) is 2.83. The van der Waals surface area contributed by atoms with Crippen molar-refractivity contribution in [1.29, 1.82) is 0 Å². The third-order valence-corrected chi connectivity index (χ3v) is 5.52. The Balaban J connectivity index is 1.70. The molecule has 4 rings (SSSR count). The van der Waals surface area contributed by atoms with Crippen LogP contribution in [0.2, 0.25) is 0 Å². The standard InChI is InChI=1S/C23H20N2O3S/c1-15-11-13-16(14-12-15)29-20-10-5-4-7-17(20)23-24-22(25-28-23)18-8-6-9-19(26-2)21(18)27-3/h4-14H,1-3H3. The van der Waals surface area contributed by atoms with Gasteiger partial charge in [-0.25, -0.2) is 0 Å². The van der Waals surface area contributed by atoms with Gasteiger partial charge in [-0.05, 0) is 43.3 Å². The van der Waals surface area contributed by atoms with Crippen LogP contribution in [0, 0.1) is 6.92 Å². The van der Waals surface area contributed by atoms with Gasteiger partial charge in [-0.1, -0.05) is 52.8 Å². The van der Waals surface area contributed by atoms with Crippen LogP contribution in [0.25, 0.3) is 22.8 Å². The van der Waals surface area contributed by atoms with Crippen LogP contribution in [-0.4, -0.2) is 24.4 Å². The van der Waals surface area contributed by atoms with Gasteiger partial charge in [0.2, 0.25) is 5.82 Å². The zero-order valence-electron chi connectivity index (χ0n) is 16.4. The van der Waals surface area contributed by atoms with E-state index in [1.54, 1.807) is 26.0 Å². The summed E-state index contributed by atoms with van der Waals surface area (Å²) in [4.78, 5) is 6.82. The fourth-order valence-corrected chi connectivity index (χ4v) is 3.91. The van der Waals surface area contributed by atoms with Gasteiger partial charge in [0.25, 0.3) is 5.89 Å². The average molecular weight is 404 g/mol. The predicted octanol–water partition coefficient (Wildman–Crippen LogP) is 5.88. The van der Waals surface area contributed by atoms with Gasteiger partial charge in [0, 0.05) is 9.79 Å². The number of benzene rings is 3. The van der Waals surface area contributed by atoms with E-state index in [1.807, 2.05) is 36.4 Å². The summed E-state index contributed by atoms with van der Waals surface area (Å²) in [5, 5.41) is 4.18. The van der Waals surface area contributed by atoms with Crippen molar-refractivity contribution in [2.75, 3.05) is 14.2 Å². The molecule has 5 nitrogen and oxygen atoms in total. The lowest BCUT2D eigenvalue weighted by Gasteiger charge is -2.09. The van der Waals surface area contributed by atoms with E-state index < -0.39 is 0 Å². The topological polar surface area (TPSA) is 57.4 Å². The minimum Gasteiger partial charge on any atom is -0.493 e. The summed E-state index contributed by atoms with van der Waals surface area (Å²) in [6.07, 6.45) is 0. The Morgan fingerprint density at radius 3 is 2.34 bits per heavy atom. The van der Waals surface area contributed by atoms with E-state index in [4.69, 9.17) is 14.0 Å². The highest BCUT2D eigenvalue weighted by atomic mass is 32.2. The molecule has 0 radical (unpaired) electrons. The van der Waals surface area contributed by atoms with Crippen LogP contribution in [-0.2, 0) is 0 Å². The fourth-order valence-electron chi connectivity index (χ4n) is 2.97. The fraction of sp³-hybridized carbons (Fsp3) is 0.130. The summed E-state index contributed by atoms with van der Waals surface area (Å²) in [5.74, 6) is 2.10. The zero-order valence-corrected chi connectivity index (χ0v) is 17.2. The maximum absolute atomic E-state index is 5.60. The highest BCUT2D eigenvalue weighted by Gasteiger charge is 2.19. The molecule has 0 saturated heterocycles. The van der Waals surface area contributed by atoms with Crippen molar-refractivity contribution in [3.8, 4) is 34.3 Å². The molecule has 3 aromatic carbocycles. The average Bonchev–Trinajstić information content (AvgIpc) is 3.25. The molecule has 0 aliphatic carbocycles. The molecular weight excluding hydrogens is 384 g/mol. The van der Waals surface area contributed by atoms with Crippen molar-refractivity contribution in [2.24, 2.45) is 0 Å². The Hall–Kier alpha value is -3.25. The van der Waals surface area contributed by atoms with E-state index in [9.17, 15) is 0 Å². The third kappa shape index (κ3) is 3.98. The summed E-state index contributed by atoms with van der Waals surface area (Å²) in [7, 11) is 3.19. The minimum absolute atomic E-state index is 0.450. The normalized spacial score (nSPS) is 10.7. The van der Waals surface area contributed by atoms with Crippen molar-refractivity contribution >= 4 is 11.8 Å². The lowest BCUT2D eigenvalue weighted by Crippen LogP contribution is -1.94. The first-order chi connectivity index (χ1) is 14.2. The zero-order chi connectivity index (χ0) is 20.2. The van der Waals surface area contributed by atoms with Crippen LogP contribution in [0.15, 0.2) is 81.0 Å². The molecule has 0 N–H and O–H groups in total. The molecule has 1 heterocycles. The van der Waals surface area contributed by atoms with Crippen LogP contribution < -0.4 is 9.47 Å². The number of ether oxygens (including phenoxy) is 2. The van der Waals surface area contributed by atoms with Gasteiger partial charge < -0.3 is 14.0 Å². The maximum Gasteiger partial charge on any atom is 0.259 e. The van der Waals surface area contributed by atoms with Crippen molar-refractivity contribution in [1.82, 2.24) is 10.1 Å². The van der Waals surface area contributed by atoms with Gasteiger partial charge in [0.15, 0.2) is 11.5 Å². The highest BCUT2D eigenvalue weighted by Crippen LogP contribution is 2.39. The molecule has 146 valence electrons. The second-order valence-corrected chi connectivity index (χ2v) is 7.49. The molecule has 0 fully saturated rings. The van der Waals surface area contributed by atoms with Crippen LogP contribution >= 0.6 is 11.8 Å². The monoisotopic (exact) mass is 404 g/mol. The van der Waals surface area contributed by atoms with E-state index in [-0.39, 0.29) is 0 Å². The van der Waals surface area contributed by atoms with Crippen molar-refractivity contribution in [3.05, 3.63) is 72.3 Å². The molecule has 0 amide bonds. The van der Waals surface area contributed by atoms with Gasteiger partial charge in [-0.15, -0.1) is 0 Å².